The lowest BCUT2D eigenvalue weighted by atomic mass is 10.2. The van der Waals surface area contributed by atoms with Gasteiger partial charge in [-0.3, -0.25) is 9.63 Å². The van der Waals surface area contributed by atoms with Crippen molar-refractivity contribution in [2.75, 3.05) is 6.61 Å². The largest absolute Gasteiger partial charge is 0.478 e. The van der Waals surface area contributed by atoms with Gasteiger partial charge in [-0.1, -0.05) is 15.9 Å². The summed E-state index contributed by atoms with van der Waals surface area (Å²) in [7, 11) is -4.44. The van der Waals surface area contributed by atoms with E-state index in [0.29, 0.717) is 0 Å². The van der Waals surface area contributed by atoms with Crippen LogP contribution in [-0.4, -0.2) is 38.0 Å². The number of sulfonamides is 1. The van der Waals surface area contributed by atoms with Crippen LogP contribution in [0.2, 0.25) is 0 Å². The second-order valence-corrected chi connectivity index (χ2v) is 6.62. The first-order valence-electron chi connectivity index (χ1n) is 5.38. The highest BCUT2D eigenvalue weighted by Crippen LogP contribution is 2.24. The zero-order valence-corrected chi connectivity index (χ0v) is 12.5. The molecule has 1 atom stereocenters. The molecule has 1 heterocycles. The molecular weight excluding hydrogens is 375 g/mol. The number of hydroxylamine groups is 1. The van der Waals surface area contributed by atoms with Gasteiger partial charge in [0.05, 0.1) is 5.56 Å². The lowest BCUT2D eigenvalue weighted by molar-refractivity contribution is -0.124. The number of hydrogen-bond acceptors (Lipinski definition) is 5. The van der Waals surface area contributed by atoms with Crippen LogP contribution in [0.15, 0.2) is 21.5 Å². The Morgan fingerprint density at radius 1 is 1.52 bits per heavy atom. The molecule has 1 aliphatic heterocycles. The summed E-state index contributed by atoms with van der Waals surface area (Å²) in [6, 6.07) is 0.613. The summed E-state index contributed by atoms with van der Waals surface area (Å²) >= 11 is 2.91. The molecule has 2 rings (SSSR count). The maximum absolute atomic E-state index is 14.0. The number of carbonyl (C=O) groups is 2. The molecule has 0 aliphatic carbocycles. The Bertz CT molecular complexity index is 723. The van der Waals surface area contributed by atoms with Crippen molar-refractivity contribution in [3.05, 3.63) is 28.0 Å². The average molecular weight is 383 g/mol. The minimum Gasteiger partial charge on any atom is -0.478 e. The Kier molecular flexibility index (Phi) is 4.27. The fraction of sp³-hybridized carbons (Fsp3) is 0.200. The van der Waals surface area contributed by atoms with E-state index in [4.69, 9.17) is 5.11 Å². The minimum absolute atomic E-state index is 0.0637. The van der Waals surface area contributed by atoms with Crippen molar-refractivity contribution < 1.29 is 32.3 Å². The predicted molar refractivity (Wildman–Crippen MR) is 69.3 cm³/mol. The minimum atomic E-state index is -4.44. The molecule has 1 aromatic carbocycles. The Balaban J connectivity index is 2.44. The van der Waals surface area contributed by atoms with E-state index in [0.717, 1.165) is 12.1 Å². The zero-order valence-electron chi connectivity index (χ0n) is 10.1. The maximum atomic E-state index is 14.0. The number of carbonyl (C=O) groups excluding carboxylic acids is 1. The monoisotopic (exact) mass is 382 g/mol. The van der Waals surface area contributed by atoms with Crippen LogP contribution in [0, 0.1) is 5.82 Å². The summed E-state index contributed by atoms with van der Waals surface area (Å²) in [6.07, 6.45) is 0. The number of hydrogen-bond donors (Lipinski definition) is 3. The van der Waals surface area contributed by atoms with E-state index in [-0.39, 0.29) is 11.1 Å². The summed E-state index contributed by atoms with van der Waals surface area (Å²) < 4.78 is 40.2. The Morgan fingerprint density at radius 2 is 2.19 bits per heavy atom. The standard InChI is InChI=1S/C10H8BrFN2O6S/c11-4-1-5(10(16)17)8(12)7(2-4)21(18,19)14-6-3-20-13-9(6)15/h1-2,6,14H,3H2,(H,13,15)(H,16,17)/t6-/m1/s1. The molecule has 0 saturated carbocycles. The second-order valence-electron chi connectivity index (χ2n) is 4.02. The van der Waals surface area contributed by atoms with E-state index in [1.807, 2.05) is 10.2 Å². The third-order valence-corrected chi connectivity index (χ3v) is 4.49. The third-order valence-electron chi connectivity index (χ3n) is 2.56. The normalized spacial score (nSPS) is 18.6. The Morgan fingerprint density at radius 3 is 2.71 bits per heavy atom. The van der Waals surface area contributed by atoms with E-state index < -0.39 is 44.2 Å². The molecular formula is C10H8BrFN2O6S. The molecule has 0 bridgehead atoms. The Hall–Kier alpha value is -1.56. The van der Waals surface area contributed by atoms with Crippen molar-refractivity contribution in [2.24, 2.45) is 0 Å². The molecule has 114 valence electrons. The topological polar surface area (TPSA) is 122 Å². The van der Waals surface area contributed by atoms with Gasteiger partial charge in [0, 0.05) is 4.47 Å². The van der Waals surface area contributed by atoms with Gasteiger partial charge in [-0.2, -0.15) is 4.72 Å². The third kappa shape index (κ3) is 3.20. The lowest BCUT2D eigenvalue weighted by Crippen LogP contribution is -2.41. The van der Waals surface area contributed by atoms with E-state index >= 15 is 0 Å². The van der Waals surface area contributed by atoms with Gasteiger partial charge >= 0.3 is 5.97 Å². The van der Waals surface area contributed by atoms with Gasteiger partial charge in [-0.05, 0) is 12.1 Å². The van der Waals surface area contributed by atoms with Gasteiger partial charge in [-0.25, -0.2) is 23.1 Å². The Labute approximate surface area is 126 Å². The van der Waals surface area contributed by atoms with Crippen molar-refractivity contribution >= 4 is 37.8 Å². The van der Waals surface area contributed by atoms with Gasteiger partial charge in [0.1, 0.15) is 17.5 Å². The number of rotatable bonds is 4. The average Bonchev–Trinajstić information content (AvgIpc) is 2.76. The fourth-order valence-corrected chi connectivity index (χ4v) is 3.51. The molecule has 1 fully saturated rings. The van der Waals surface area contributed by atoms with Crippen LogP contribution in [0.3, 0.4) is 0 Å². The molecule has 8 nitrogen and oxygen atoms in total. The molecule has 1 amide bonds. The molecule has 0 radical (unpaired) electrons. The van der Waals surface area contributed by atoms with Crippen LogP contribution in [-0.2, 0) is 19.7 Å². The van der Waals surface area contributed by atoms with Crippen LogP contribution in [0.1, 0.15) is 10.4 Å². The number of nitrogens with one attached hydrogen (secondary N) is 2. The van der Waals surface area contributed by atoms with Crippen molar-refractivity contribution in [3.8, 4) is 0 Å². The molecule has 1 aromatic rings. The predicted octanol–water partition coefficient (Wildman–Crippen LogP) is -0.00530. The van der Waals surface area contributed by atoms with E-state index in [1.54, 1.807) is 0 Å². The molecule has 3 N–H and O–H groups in total. The van der Waals surface area contributed by atoms with Crippen LogP contribution in [0.4, 0.5) is 4.39 Å². The lowest BCUT2D eigenvalue weighted by Gasteiger charge is -2.11. The van der Waals surface area contributed by atoms with Crippen molar-refractivity contribution in [2.45, 2.75) is 10.9 Å². The SMILES string of the molecule is O=C(O)c1cc(Br)cc(S(=O)(=O)N[C@@H]2CONC2=O)c1F. The first kappa shape index (κ1) is 15.8. The molecule has 0 aromatic heterocycles. The molecule has 1 aliphatic rings. The quantitative estimate of drug-likeness (QED) is 0.673. The summed E-state index contributed by atoms with van der Waals surface area (Å²) in [5, 5.41) is 8.85. The highest BCUT2D eigenvalue weighted by molar-refractivity contribution is 9.10. The number of carboxylic acids is 1. The first-order valence-corrected chi connectivity index (χ1v) is 7.66. The number of aromatic carboxylic acids is 1. The van der Waals surface area contributed by atoms with Crippen molar-refractivity contribution in [1.29, 1.82) is 0 Å². The molecule has 11 heteroatoms. The van der Waals surface area contributed by atoms with E-state index in [1.165, 1.54) is 0 Å². The molecule has 0 spiro atoms. The van der Waals surface area contributed by atoms with Crippen LogP contribution >= 0.6 is 15.9 Å². The zero-order chi connectivity index (χ0) is 15.8. The van der Waals surface area contributed by atoms with E-state index in [9.17, 15) is 22.4 Å². The highest BCUT2D eigenvalue weighted by Gasteiger charge is 2.33. The smallest absolute Gasteiger partial charge is 0.338 e. The van der Waals surface area contributed by atoms with Gasteiger partial charge in [0.2, 0.25) is 10.0 Å². The number of carboxylic acid groups (broad SMARTS) is 1. The molecule has 0 unspecified atom stereocenters. The van der Waals surface area contributed by atoms with Crippen LogP contribution in [0.5, 0.6) is 0 Å². The van der Waals surface area contributed by atoms with Crippen LogP contribution in [0.25, 0.3) is 0 Å². The number of halogens is 2. The number of amides is 1. The molecule has 1 saturated heterocycles. The molecule has 21 heavy (non-hydrogen) atoms. The first-order chi connectivity index (χ1) is 9.72. The van der Waals surface area contributed by atoms with Gasteiger partial charge in [0.25, 0.3) is 5.91 Å². The summed E-state index contributed by atoms with van der Waals surface area (Å²) in [5.41, 5.74) is 1.13. The van der Waals surface area contributed by atoms with Gasteiger partial charge in [0.15, 0.2) is 5.82 Å². The maximum Gasteiger partial charge on any atom is 0.338 e. The number of benzene rings is 1. The van der Waals surface area contributed by atoms with E-state index in [2.05, 4.69) is 20.8 Å². The van der Waals surface area contributed by atoms with Gasteiger partial charge in [-0.15, -0.1) is 0 Å². The van der Waals surface area contributed by atoms with Crippen LogP contribution < -0.4 is 10.2 Å². The summed E-state index contributed by atoms with van der Waals surface area (Å²) in [4.78, 5) is 25.8. The summed E-state index contributed by atoms with van der Waals surface area (Å²) in [6.45, 7) is -0.264. The van der Waals surface area contributed by atoms with Gasteiger partial charge < -0.3 is 5.11 Å². The van der Waals surface area contributed by atoms with Crippen molar-refractivity contribution in [3.63, 3.8) is 0 Å². The second kappa shape index (κ2) is 5.67. The fourth-order valence-electron chi connectivity index (χ4n) is 1.60. The highest BCUT2D eigenvalue weighted by atomic mass is 79.9. The van der Waals surface area contributed by atoms with Crippen molar-refractivity contribution in [1.82, 2.24) is 10.2 Å². The summed E-state index contributed by atoms with van der Waals surface area (Å²) in [5.74, 6) is -3.77.